The molecule has 1 amide bonds. The summed E-state index contributed by atoms with van der Waals surface area (Å²) in [5.41, 5.74) is -0.291. The Morgan fingerprint density at radius 3 is 2.42 bits per heavy atom. The molecule has 1 heterocycles. The summed E-state index contributed by atoms with van der Waals surface area (Å²) >= 11 is 1.19. The summed E-state index contributed by atoms with van der Waals surface area (Å²) in [6.07, 6.45) is -4.40. The van der Waals surface area contributed by atoms with Crippen molar-refractivity contribution >= 4 is 23.0 Å². The zero-order valence-electron chi connectivity index (χ0n) is 14.0. The fraction of sp³-hybridized carbons (Fsp3) is 0.294. The number of carbonyl (C=O) groups excluding carboxylic acids is 1. The molecule has 26 heavy (non-hydrogen) atoms. The number of rotatable bonds is 6. The smallest absolute Gasteiger partial charge is 0.394 e. The van der Waals surface area contributed by atoms with Crippen molar-refractivity contribution in [3.63, 3.8) is 0 Å². The van der Waals surface area contributed by atoms with Gasteiger partial charge in [-0.3, -0.25) is 4.79 Å². The number of hydrogen-bond donors (Lipinski definition) is 2. The predicted octanol–water partition coefficient (Wildman–Crippen LogP) is 3.68. The Morgan fingerprint density at radius 2 is 1.85 bits per heavy atom. The van der Waals surface area contributed by atoms with E-state index in [2.05, 4.69) is 10.5 Å². The molecule has 0 saturated heterocycles. The Kier molecular flexibility index (Phi) is 6.38. The highest BCUT2D eigenvalue weighted by molar-refractivity contribution is 7.16. The number of nitrogens with zero attached hydrogens (tertiary/aromatic N) is 1. The maximum absolute atomic E-state index is 12.5. The monoisotopic (exact) mass is 386 g/mol. The number of hydrogen-bond acceptors (Lipinski definition) is 5. The van der Waals surface area contributed by atoms with Crippen LogP contribution in [0.2, 0.25) is 0 Å². The van der Waals surface area contributed by atoms with Crippen LogP contribution in [0.25, 0.3) is 0 Å². The van der Waals surface area contributed by atoms with Gasteiger partial charge in [-0.25, -0.2) is 0 Å². The maximum atomic E-state index is 12.5. The van der Waals surface area contributed by atoms with E-state index in [1.54, 1.807) is 26.0 Å². The lowest BCUT2D eigenvalue weighted by Crippen LogP contribution is -2.34. The maximum Gasteiger partial charge on any atom is 0.416 e. The first-order chi connectivity index (χ1) is 12.2. The summed E-state index contributed by atoms with van der Waals surface area (Å²) in [6.45, 7) is 3.18. The largest absolute Gasteiger partial charge is 0.416 e. The van der Waals surface area contributed by atoms with Gasteiger partial charge in [0.25, 0.3) is 5.91 Å². The number of thiophene rings is 1. The fourth-order valence-electron chi connectivity index (χ4n) is 1.87. The minimum Gasteiger partial charge on any atom is -0.394 e. The molecule has 0 saturated carbocycles. The van der Waals surface area contributed by atoms with E-state index in [1.807, 2.05) is 0 Å². The highest BCUT2D eigenvalue weighted by Crippen LogP contribution is 2.30. The van der Waals surface area contributed by atoms with Gasteiger partial charge in [0.15, 0.2) is 5.75 Å². The summed E-state index contributed by atoms with van der Waals surface area (Å²) in [5.74, 6) is -0.136. The van der Waals surface area contributed by atoms with Crippen LogP contribution in [0.1, 0.15) is 34.0 Å². The molecule has 9 heteroatoms. The van der Waals surface area contributed by atoms with E-state index < -0.39 is 11.7 Å². The van der Waals surface area contributed by atoms with E-state index in [9.17, 15) is 18.0 Å². The normalized spacial score (nSPS) is 13.4. The number of aliphatic hydroxyl groups is 1. The van der Waals surface area contributed by atoms with Crippen molar-refractivity contribution in [3.05, 3.63) is 51.7 Å². The quantitative estimate of drug-likeness (QED) is 0.588. The molecule has 0 aliphatic carbocycles. The lowest BCUT2D eigenvalue weighted by Gasteiger charge is -2.08. The summed E-state index contributed by atoms with van der Waals surface area (Å²) in [4.78, 5) is 18.2. The van der Waals surface area contributed by atoms with E-state index in [-0.39, 0.29) is 24.3 Å². The van der Waals surface area contributed by atoms with Crippen molar-refractivity contribution in [1.29, 1.82) is 0 Å². The summed E-state index contributed by atoms with van der Waals surface area (Å²) in [7, 11) is 0. The average molecular weight is 386 g/mol. The first-order valence-electron chi connectivity index (χ1n) is 7.61. The van der Waals surface area contributed by atoms with Gasteiger partial charge >= 0.3 is 6.18 Å². The molecule has 0 radical (unpaired) electrons. The molecule has 0 bridgehead atoms. The van der Waals surface area contributed by atoms with Crippen LogP contribution in [0.15, 0.2) is 41.6 Å². The summed E-state index contributed by atoms with van der Waals surface area (Å²) in [6, 6.07) is 7.15. The standard InChI is InChI=1S/C17H17F3N2O3S/c1-10(9-23)21-16(24)15-8-7-14(26-15)11(2)22-25-13-5-3-12(4-6-13)17(18,19)20/h3-8,10,23H,9H2,1-2H3,(H,21,24)/b22-11+/t10-/m1/s1. The molecule has 1 atom stereocenters. The van der Waals surface area contributed by atoms with Crippen LogP contribution in [0.4, 0.5) is 13.2 Å². The number of oxime groups is 1. The van der Waals surface area contributed by atoms with Gasteiger partial charge in [0, 0.05) is 6.04 Å². The number of benzene rings is 1. The number of nitrogens with one attached hydrogen (secondary N) is 1. The molecule has 140 valence electrons. The molecule has 1 aromatic carbocycles. The van der Waals surface area contributed by atoms with Gasteiger partial charge in [0.05, 0.1) is 27.6 Å². The van der Waals surface area contributed by atoms with E-state index in [0.717, 1.165) is 12.1 Å². The van der Waals surface area contributed by atoms with Crippen molar-refractivity contribution in [3.8, 4) is 5.75 Å². The van der Waals surface area contributed by atoms with Gasteiger partial charge in [-0.1, -0.05) is 5.16 Å². The first-order valence-corrected chi connectivity index (χ1v) is 8.43. The molecule has 2 rings (SSSR count). The highest BCUT2D eigenvalue weighted by atomic mass is 32.1. The molecular weight excluding hydrogens is 369 g/mol. The second-order valence-corrected chi connectivity index (χ2v) is 6.59. The van der Waals surface area contributed by atoms with Crippen molar-refractivity contribution < 1.29 is 27.9 Å². The topological polar surface area (TPSA) is 70.9 Å². The van der Waals surface area contributed by atoms with Crippen LogP contribution < -0.4 is 10.2 Å². The lowest BCUT2D eigenvalue weighted by molar-refractivity contribution is -0.137. The third-order valence-electron chi connectivity index (χ3n) is 3.31. The molecule has 0 fully saturated rings. The van der Waals surface area contributed by atoms with Crippen LogP contribution in [-0.2, 0) is 6.18 Å². The number of amides is 1. The van der Waals surface area contributed by atoms with Gasteiger partial charge in [-0.2, -0.15) is 13.2 Å². The molecule has 0 aliphatic rings. The zero-order chi connectivity index (χ0) is 19.3. The van der Waals surface area contributed by atoms with Gasteiger partial charge < -0.3 is 15.3 Å². The third-order valence-corrected chi connectivity index (χ3v) is 4.50. The summed E-state index contributed by atoms with van der Waals surface area (Å²) < 4.78 is 37.5. The second kappa shape index (κ2) is 8.33. The minimum absolute atomic E-state index is 0.161. The Bertz CT molecular complexity index is 785. The molecule has 0 aliphatic heterocycles. The Morgan fingerprint density at radius 1 is 1.23 bits per heavy atom. The molecule has 1 aromatic heterocycles. The van der Waals surface area contributed by atoms with Crippen LogP contribution in [0.5, 0.6) is 5.75 Å². The van der Waals surface area contributed by atoms with Crippen molar-refractivity contribution in [2.24, 2.45) is 5.16 Å². The number of halogens is 3. The molecule has 0 spiro atoms. The van der Waals surface area contributed by atoms with Gasteiger partial charge in [0.2, 0.25) is 0 Å². The second-order valence-electron chi connectivity index (χ2n) is 5.51. The Hall–Kier alpha value is -2.39. The molecule has 2 aromatic rings. The van der Waals surface area contributed by atoms with Crippen molar-refractivity contribution in [1.82, 2.24) is 5.32 Å². The predicted molar refractivity (Wildman–Crippen MR) is 92.6 cm³/mol. The molecule has 0 unspecified atom stereocenters. The van der Waals surface area contributed by atoms with E-state index >= 15 is 0 Å². The van der Waals surface area contributed by atoms with Gasteiger partial charge in [0.1, 0.15) is 0 Å². The van der Waals surface area contributed by atoms with Crippen LogP contribution in [0, 0.1) is 0 Å². The molecule has 5 nitrogen and oxygen atoms in total. The minimum atomic E-state index is -4.40. The Balaban J connectivity index is 2.03. The number of aliphatic hydroxyl groups excluding tert-OH is 1. The molecule has 2 N–H and O–H groups in total. The first kappa shape index (κ1) is 19.9. The van der Waals surface area contributed by atoms with Crippen LogP contribution >= 0.6 is 11.3 Å². The fourth-order valence-corrected chi connectivity index (χ4v) is 2.71. The van der Waals surface area contributed by atoms with E-state index in [0.29, 0.717) is 15.5 Å². The van der Waals surface area contributed by atoms with Crippen LogP contribution in [0.3, 0.4) is 0 Å². The average Bonchev–Trinajstić information content (AvgIpc) is 3.09. The molecular formula is C17H17F3N2O3S. The highest BCUT2D eigenvalue weighted by Gasteiger charge is 2.30. The van der Waals surface area contributed by atoms with Crippen LogP contribution in [-0.4, -0.2) is 29.4 Å². The number of carbonyl (C=O) groups is 1. The SMILES string of the molecule is C/C(=N\Oc1ccc(C(F)(F)F)cc1)c1ccc(C(=O)N[C@H](C)CO)s1. The van der Waals surface area contributed by atoms with E-state index in [4.69, 9.17) is 9.94 Å². The third kappa shape index (κ3) is 5.30. The van der Waals surface area contributed by atoms with E-state index in [1.165, 1.54) is 23.5 Å². The van der Waals surface area contributed by atoms with Gasteiger partial charge in [-0.05, 0) is 50.2 Å². The summed E-state index contributed by atoms with van der Waals surface area (Å²) in [5, 5.41) is 15.5. The lowest BCUT2D eigenvalue weighted by atomic mass is 10.2. The van der Waals surface area contributed by atoms with Gasteiger partial charge in [-0.15, -0.1) is 11.3 Å². The Labute approximate surface area is 152 Å². The van der Waals surface area contributed by atoms with Crippen molar-refractivity contribution in [2.75, 3.05) is 6.61 Å². The zero-order valence-corrected chi connectivity index (χ0v) is 14.8. The van der Waals surface area contributed by atoms with Crippen molar-refractivity contribution in [2.45, 2.75) is 26.1 Å². The number of alkyl halides is 3.